The lowest BCUT2D eigenvalue weighted by molar-refractivity contribution is 1.38. The van der Waals surface area contributed by atoms with E-state index in [0.717, 1.165) is 0 Å². The molecular weight excluding hydrogens is 312 g/mol. The van der Waals surface area contributed by atoms with Crippen LogP contribution in [0.3, 0.4) is 0 Å². The molecule has 0 radical (unpaired) electrons. The monoisotopic (exact) mass is 334 g/mol. The van der Waals surface area contributed by atoms with Crippen LogP contribution in [-0.4, -0.2) is 0 Å². The lowest BCUT2D eigenvalue weighted by Gasteiger charge is -2.20. The molecule has 0 atom stereocenters. The summed E-state index contributed by atoms with van der Waals surface area (Å²) in [6.45, 7) is 4.47. The fourth-order valence-electron chi connectivity index (χ4n) is 3.78. The number of rotatable bonds is 3. The maximum Gasteiger partial charge on any atom is -0.00673 e. The van der Waals surface area contributed by atoms with Crippen molar-refractivity contribution in [3.8, 4) is 33.4 Å². The molecule has 26 heavy (non-hydrogen) atoms. The van der Waals surface area contributed by atoms with Gasteiger partial charge in [-0.25, -0.2) is 0 Å². The fourth-order valence-corrected chi connectivity index (χ4v) is 3.78. The molecule has 4 rings (SSSR count). The molecule has 0 saturated carbocycles. The molecule has 0 N–H and O–H groups in total. The standard InChI is InChI=1S/C26H22/c1-19-18-24(21-12-6-3-7-13-21)20(2)26(23-16-10-5-11-17-23)25(19)22-14-8-4-9-15-22/h3-18H,1-2H3. The van der Waals surface area contributed by atoms with Crippen molar-refractivity contribution >= 4 is 0 Å². The summed E-state index contributed by atoms with van der Waals surface area (Å²) >= 11 is 0. The van der Waals surface area contributed by atoms with Gasteiger partial charge in [0.25, 0.3) is 0 Å². The van der Waals surface area contributed by atoms with Crippen molar-refractivity contribution in [1.29, 1.82) is 0 Å². The smallest absolute Gasteiger partial charge is 0.00673 e. The van der Waals surface area contributed by atoms with E-state index in [4.69, 9.17) is 0 Å². The van der Waals surface area contributed by atoms with E-state index in [-0.39, 0.29) is 0 Å². The topological polar surface area (TPSA) is 0 Å². The van der Waals surface area contributed by atoms with Gasteiger partial charge in [0.1, 0.15) is 0 Å². The molecule has 4 aromatic carbocycles. The van der Waals surface area contributed by atoms with Crippen LogP contribution in [0.25, 0.3) is 33.4 Å². The number of aryl methyl sites for hydroxylation is 1. The van der Waals surface area contributed by atoms with Gasteiger partial charge in [0.15, 0.2) is 0 Å². The molecule has 0 heteroatoms. The van der Waals surface area contributed by atoms with Gasteiger partial charge in [-0.1, -0.05) is 97.1 Å². The summed E-state index contributed by atoms with van der Waals surface area (Å²) < 4.78 is 0. The van der Waals surface area contributed by atoms with Crippen molar-refractivity contribution in [2.45, 2.75) is 13.8 Å². The fraction of sp³-hybridized carbons (Fsp3) is 0.0769. The number of benzene rings is 4. The predicted octanol–water partition coefficient (Wildman–Crippen LogP) is 7.30. The van der Waals surface area contributed by atoms with Gasteiger partial charge in [0.05, 0.1) is 0 Å². The molecule has 0 nitrogen and oxygen atoms in total. The minimum atomic E-state index is 1.27. The Morgan fingerprint density at radius 2 is 0.885 bits per heavy atom. The first-order valence-electron chi connectivity index (χ1n) is 9.06. The highest BCUT2D eigenvalue weighted by atomic mass is 14.2. The van der Waals surface area contributed by atoms with Crippen LogP contribution in [0.4, 0.5) is 0 Å². The van der Waals surface area contributed by atoms with Crippen LogP contribution in [0.15, 0.2) is 97.1 Å². The van der Waals surface area contributed by atoms with Crippen molar-refractivity contribution in [3.05, 3.63) is 108 Å². The Balaban J connectivity index is 2.06. The molecule has 0 spiro atoms. The van der Waals surface area contributed by atoms with E-state index in [1.165, 1.54) is 44.5 Å². The summed E-state index contributed by atoms with van der Waals surface area (Å²) in [5.74, 6) is 0. The van der Waals surface area contributed by atoms with Gasteiger partial charge in [0.2, 0.25) is 0 Å². The Labute approximate surface area is 155 Å². The minimum Gasteiger partial charge on any atom is -0.0622 e. The summed E-state index contributed by atoms with van der Waals surface area (Å²) in [6.07, 6.45) is 0. The van der Waals surface area contributed by atoms with E-state index in [2.05, 4.69) is 111 Å². The van der Waals surface area contributed by atoms with E-state index >= 15 is 0 Å². The molecule has 0 saturated heterocycles. The number of hydrogen-bond acceptors (Lipinski definition) is 0. The summed E-state index contributed by atoms with van der Waals surface area (Å²) in [7, 11) is 0. The van der Waals surface area contributed by atoms with Crippen LogP contribution in [0.2, 0.25) is 0 Å². The summed E-state index contributed by atoms with van der Waals surface area (Å²) in [6, 6.07) is 34.5. The summed E-state index contributed by atoms with van der Waals surface area (Å²) in [5, 5.41) is 0. The molecule has 0 unspecified atom stereocenters. The van der Waals surface area contributed by atoms with Crippen molar-refractivity contribution in [3.63, 3.8) is 0 Å². The highest BCUT2D eigenvalue weighted by Gasteiger charge is 2.17. The molecule has 0 aliphatic rings. The zero-order valence-electron chi connectivity index (χ0n) is 15.2. The van der Waals surface area contributed by atoms with Crippen LogP contribution in [0, 0.1) is 13.8 Å². The van der Waals surface area contributed by atoms with Crippen molar-refractivity contribution in [2.24, 2.45) is 0 Å². The van der Waals surface area contributed by atoms with Gasteiger partial charge >= 0.3 is 0 Å². The van der Waals surface area contributed by atoms with Crippen molar-refractivity contribution in [1.82, 2.24) is 0 Å². The minimum absolute atomic E-state index is 1.27. The van der Waals surface area contributed by atoms with E-state index in [9.17, 15) is 0 Å². The number of hydrogen-bond donors (Lipinski definition) is 0. The van der Waals surface area contributed by atoms with E-state index in [0.29, 0.717) is 0 Å². The second-order valence-electron chi connectivity index (χ2n) is 6.71. The third kappa shape index (κ3) is 2.95. The van der Waals surface area contributed by atoms with Gasteiger partial charge in [-0.05, 0) is 58.4 Å². The largest absolute Gasteiger partial charge is 0.0622 e. The molecular formula is C26H22. The van der Waals surface area contributed by atoms with Crippen LogP contribution in [0.1, 0.15) is 11.1 Å². The third-order valence-corrected chi connectivity index (χ3v) is 4.99. The zero-order valence-corrected chi connectivity index (χ0v) is 15.2. The van der Waals surface area contributed by atoms with E-state index in [1.54, 1.807) is 0 Å². The Morgan fingerprint density at radius 1 is 0.462 bits per heavy atom. The van der Waals surface area contributed by atoms with Crippen molar-refractivity contribution in [2.75, 3.05) is 0 Å². The summed E-state index contributed by atoms with van der Waals surface area (Å²) in [4.78, 5) is 0. The molecule has 0 fully saturated rings. The van der Waals surface area contributed by atoms with Crippen LogP contribution in [0.5, 0.6) is 0 Å². The second-order valence-corrected chi connectivity index (χ2v) is 6.71. The molecule has 0 heterocycles. The van der Waals surface area contributed by atoms with Gasteiger partial charge in [-0.15, -0.1) is 0 Å². The van der Waals surface area contributed by atoms with Crippen LogP contribution >= 0.6 is 0 Å². The molecule has 4 aromatic rings. The average Bonchev–Trinajstić information content (AvgIpc) is 2.71. The molecule has 126 valence electrons. The average molecular weight is 334 g/mol. The molecule has 0 aliphatic heterocycles. The molecule has 0 amide bonds. The normalized spacial score (nSPS) is 10.7. The first kappa shape index (κ1) is 16.4. The first-order chi connectivity index (χ1) is 12.8. The van der Waals surface area contributed by atoms with E-state index < -0.39 is 0 Å². The highest BCUT2D eigenvalue weighted by molar-refractivity contribution is 5.92. The maximum atomic E-state index is 2.33. The molecule has 0 aromatic heterocycles. The summed E-state index contributed by atoms with van der Waals surface area (Å²) in [5.41, 5.74) is 10.4. The quantitative estimate of drug-likeness (QED) is 0.368. The SMILES string of the molecule is Cc1cc(-c2ccccc2)c(C)c(-c2ccccc2)c1-c1ccccc1. The van der Waals surface area contributed by atoms with Gasteiger partial charge < -0.3 is 0 Å². The lowest BCUT2D eigenvalue weighted by Crippen LogP contribution is -1.96. The lowest BCUT2D eigenvalue weighted by atomic mass is 9.83. The third-order valence-electron chi connectivity index (χ3n) is 4.99. The Bertz CT molecular complexity index is 1010. The van der Waals surface area contributed by atoms with Gasteiger partial charge in [-0.2, -0.15) is 0 Å². The van der Waals surface area contributed by atoms with Crippen LogP contribution in [-0.2, 0) is 0 Å². The van der Waals surface area contributed by atoms with E-state index in [1.807, 2.05) is 0 Å². The van der Waals surface area contributed by atoms with Crippen LogP contribution < -0.4 is 0 Å². The first-order valence-corrected chi connectivity index (χ1v) is 9.06. The molecule has 0 aliphatic carbocycles. The zero-order chi connectivity index (χ0) is 17.9. The Morgan fingerprint density at radius 3 is 1.38 bits per heavy atom. The Hall–Kier alpha value is -3.12. The Kier molecular flexibility index (Phi) is 4.41. The maximum absolute atomic E-state index is 2.33. The van der Waals surface area contributed by atoms with Gasteiger partial charge in [0, 0.05) is 0 Å². The van der Waals surface area contributed by atoms with Crippen molar-refractivity contribution < 1.29 is 0 Å². The predicted molar refractivity (Wildman–Crippen MR) is 112 cm³/mol. The second kappa shape index (κ2) is 7.01. The molecule has 0 bridgehead atoms. The highest BCUT2D eigenvalue weighted by Crippen LogP contribution is 2.41. The van der Waals surface area contributed by atoms with Gasteiger partial charge in [-0.3, -0.25) is 0 Å².